The molecular formula is C18H18N4O3. The van der Waals surface area contributed by atoms with Crippen molar-refractivity contribution in [3.05, 3.63) is 63.9 Å². The Morgan fingerprint density at radius 3 is 2.72 bits per heavy atom. The van der Waals surface area contributed by atoms with Gasteiger partial charge in [0.05, 0.1) is 28.8 Å². The Balaban J connectivity index is 1.79. The molecule has 1 amide bonds. The Labute approximate surface area is 145 Å². The van der Waals surface area contributed by atoms with Crippen LogP contribution in [0.4, 0.5) is 5.69 Å². The molecule has 0 fully saturated rings. The van der Waals surface area contributed by atoms with Crippen molar-refractivity contribution in [3.8, 4) is 0 Å². The number of hydrazone groups is 1. The number of allylic oxidation sites excluding steroid dienone is 3. The molecule has 3 rings (SSSR count). The van der Waals surface area contributed by atoms with Gasteiger partial charge in [-0.25, -0.2) is 0 Å². The summed E-state index contributed by atoms with van der Waals surface area (Å²) in [4.78, 5) is 27.8. The van der Waals surface area contributed by atoms with Gasteiger partial charge >= 0.3 is 0 Å². The normalized spacial score (nSPS) is 21.9. The van der Waals surface area contributed by atoms with Crippen LogP contribution < -0.4 is 5.01 Å². The van der Waals surface area contributed by atoms with Gasteiger partial charge in [-0.05, 0) is 38.0 Å². The Hall–Kier alpha value is -3.09. The molecule has 0 aromatic heterocycles. The maximum Gasteiger partial charge on any atom is 0.298 e. The summed E-state index contributed by atoms with van der Waals surface area (Å²) in [7, 11) is 0. The number of nitro groups is 1. The first-order chi connectivity index (χ1) is 12.0. The lowest BCUT2D eigenvalue weighted by atomic mass is 9.94. The molecule has 1 atom stereocenters. The van der Waals surface area contributed by atoms with Crippen LogP contribution in [-0.2, 0) is 4.79 Å². The number of hydrogen-bond donors (Lipinski definition) is 0. The van der Waals surface area contributed by atoms with E-state index in [1.54, 1.807) is 25.1 Å². The molecule has 0 bridgehead atoms. The smallest absolute Gasteiger partial charge is 0.277 e. The average Bonchev–Trinajstić information content (AvgIpc) is 2.89. The largest absolute Gasteiger partial charge is 0.298 e. The first kappa shape index (κ1) is 16.8. The summed E-state index contributed by atoms with van der Waals surface area (Å²) in [5.41, 5.74) is 2.46. The maximum atomic E-state index is 12.6. The molecule has 7 heteroatoms. The summed E-state index contributed by atoms with van der Waals surface area (Å²) < 4.78 is 0. The lowest BCUT2D eigenvalue weighted by Gasteiger charge is -2.15. The summed E-state index contributed by atoms with van der Waals surface area (Å²) in [5, 5.41) is 16.8. The summed E-state index contributed by atoms with van der Waals surface area (Å²) in [5.74, 6) is -0.643. The van der Waals surface area contributed by atoms with Crippen LogP contribution >= 0.6 is 0 Å². The van der Waals surface area contributed by atoms with Crippen molar-refractivity contribution in [2.24, 2.45) is 16.0 Å². The number of carbonyl (C=O) groups excluding carboxylic acids is 1. The molecule has 2 aliphatic rings. The van der Waals surface area contributed by atoms with Gasteiger partial charge in [-0.2, -0.15) is 10.1 Å². The van der Waals surface area contributed by atoms with E-state index in [1.165, 1.54) is 5.01 Å². The van der Waals surface area contributed by atoms with Crippen LogP contribution in [-0.4, -0.2) is 28.8 Å². The predicted octanol–water partition coefficient (Wildman–Crippen LogP) is 2.98. The summed E-state index contributed by atoms with van der Waals surface area (Å²) >= 11 is 0. The van der Waals surface area contributed by atoms with Crippen molar-refractivity contribution >= 4 is 23.0 Å². The molecule has 1 aromatic rings. The van der Waals surface area contributed by atoms with Crippen LogP contribution in [0.5, 0.6) is 0 Å². The van der Waals surface area contributed by atoms with Gasteiger partial charge in [-0.3, -0.25) is 19.9 Å². The number of benzene rings is 1. The third kappa shape index (κ3) is 3.40. The minimum absolute atomic E-state index is 0.143. The van der Waals surface area contributed by atoms with E-state index in [0.717, 1.165) is 5.57 Å². The molecule has 128 valence electrons. The highest BCUT2D eigenvalue weighted by Crippen LogP contribution is 2.25. The molecular weight excluding hydrogens is 320 g/mol. The molecule has 1 aliphatic heterocycles. The van der Waals surface area contributed by atoms with Gasteiger partial charge in [-0.1, -0.05) is 24.3 Å². The molecule has 1 aromatic carbocycles. The van der Waals surface area contributed by atoms with Crippen LogP contribution in [0.25, 0.3) is 0 Å². The molecule has 1 unspecified atom stereocenters. The van der Waals surface area contributed by atoms with Gasteiger partial charge < -0.3 is 0 Å². The van der Waals surface area contributed by atoms with Crippen molar-refractivity contribution in [1.82, 2.24) is 0 Å². The quantitative estimate of drug-likeness (QED) is 0.624. The van der Waals surface area contributed by atoms with E-state index < -0.39 is 0 Å². The van der Waals surface area contributed by atoms with E-state index in [0.29, 0.717) is 17.8 Å². The van der Waals surface area contributed by atoms with E-state index in [4.69, 9.17) is 0 Å². The minimum Gasteiger partial charge on any atom is -0.277 e. The number of nitrogens with zero attached hydrogens (tertiary/aromatic N) is 4. The second-order valence-electron chi connectivity index (χ2n) is 6.03. The molecule has 1 heterocycles. The third-order valence-electron chi connectivity index (χ3n) is 4.19. The van der Waals surface area contributed by atoms with Gasteiger partial charge in [0.2, 0.25) is 0 Å². The second kappa shape index (κ2) is 6.80. The van der Waals surface area contributed by atoms with Gasteiger partial charge in [0.1, 0.15) is 5.71 Å². The molecule has 25 heavy (non-hydrogen) atoms. The molecule has 0 saturated heterocycles. The van der Waals surface area contributed by atoms with Crippen molar-refractivity contribution in [1.29, 1.82) is 0 Å². The highest BCUT2D eigenvalue weighted by Gasteiger charge is 2.32. The number of carbonyl (C=O) groups is 1. The van der Waals surface area contributed by atoms with Gasteiger partial charge in [-0.15, -0.1) is 0 Å². The molecule has 0 radical (unpaired) electrons. The Bertz CT molecular complexity index is 837. The predicted molar refractivity (Wildman–Crippen MR) is 96.3 cm³/mol. The van der Waals surface area contributed by atoms with Crippen LogP contribution in [0, 0.1) is 16.0 Å². The van der Waals surface area contributed by atoms with E-state index in [-0.39, 0.29) is 34.7 Å². The maximum absolute atomic E-state index is 12.6. The topological polar surface area (TPSA) is 88.2 Å². The third-order valence-corrected chi connectivity index (χ3v) is 4.19. The monoisotopic (exact) mass is 338 g/mol. The van der Waals surface area contributed by atoms with Crippen LogP contribution in [0.2, 0.25) is 0 Å². The standard InChI is InChI=1S/C18H18N4O3/c1-12-8-9-14(16(10-12)22(24)25)11-19-17-13(2)20-21(18(17)23)15-6-4-3-5-7-15/h3-8,10,14H,9,11H2,1-2H3. The zero-order valence-corrected chi connectivity index (χ0v) is 14.0. The first-order valence-corrected chi connectivity index (χ1v) is 7.99. The summed E-state index contributed by atoms with van der Waals surface area (Å²) in [6.07, 6.45) is 4.07. The zero-order chi connectivity index (χ0) is 18.0. The van der Waals surface area contributed by atoms with Gasteiger partial charge in [0, 0.05) is 6.08 Å². The number of rotatable bonds is 4. The lowest BCUT2D eigenvalue weighted by Crippen LogP contribution is -2.28. The number of amides is 1. The van der Waals surface area contributed by atoms with Crippen LogP contribution in [0.15, 0.2) is 63.8 Å². The number of anilines is 1. The number of hydrogen-bond acceptors (Lipinski definition) is 5. The number of para-hydroxylation sites is 1. The minimum atomic E-state index is -0.366. The lowest BCUT2D eigenvalue weighted by molar-refractivity contribution is -0.433. The molecule has 7 nitrogen and oxygen atoms in total. The van der Waals surface area contributed by atoms with E-state index in [2.05, 4.69) is 10.1 Å². The Morgan fingerprint density at radius 1 is 1.32 bits per heavy atom. The SMILES string of the molecule is CC1=CCC(CN=C2C(=O)N(c3ccccc3)N=C2C)C([N+](=O)[O-])=C1. The highest BCUT2D eigenvalue weighted by molar-refractivity contribution is 6.71. The van der Waals surface area contributed by atoms with Crippen molar-refractivity contribution in [2.75, 3.05) is 11.6 Å². The molecule has 0 spiro atoms. The molecule has 0 N–H and O–H groups in total. The second-order valence-corrected chi connectivity index (χ2v) is 6.03. The molecule has 1 aliphatic carbocycles. The van der Waals surface area contributed by atoms with E-state index in [9.17, 15) is 14.9 Å². The van der Waals surface area contributed by atoms with Crippen molar-refractivity contribution in [3.63, 3.8) is 0 Å². The van der Waals surface area contributed by atoms with Gasteiger partial charge in [0.15, 0.2) is 0 Å². The number of aliphatic imine (C=N–C) groups is 1. The fourth-order valence-corrected chi connectivity index (χ4v) is 2.85. The fraction of sp³-hybridized carbons (Fsp3) is 0.278. The Morgan fingerprint density at radius 2 is 2.04 bits per heavy atom. The average molecular weight is 338 g/mol. The van der Waals surface area contributed by atoms with Crippen molar-refractivity contribution < 1.29 is 9.72 Å². The van der Waals surface area contributed by atoms with Crippen LogP contribution in [0.3, 0.4) is 0 Å². The summed E-state index contributed by atoms with van der Waals surface area (Å²) in [6.45, 7) is 3.74. The Kier molecular flexibility index (Phi) is 4.56. The highest BCUT2D eigenvalue weighted by atomic mass is 16.6. The van der Waals surface area contributed by atoms with E-state index in [1.807, 2.05) is 31.2 Å². The van der Waals surface area contributed by atoms with Crippen LogP contribution in [0.1, 0.15) is 20.3 Å². The zero-order valence-electron chi connectivity index (χ0n) is 14.0. The van der Waals surface area contributed by atoms with Crippen molar-refractivity contribution in [2.45, 2.75) is 20.3 Å². The van der Waals surface area contributed by atoms with E-state index >= 15 is 0 Å². The fourth-order valence-electron chi connectivity index (χ4n) is 2.85. The first-order valence-electron chi connectivity index (χ1n) is 7.99. The van der Waals surface area contributed by atoms with Gasteiger partial charge in [0.25, 0.3) is 11.6 Å². The summed E-state index contributed by atoms with van der Waals surface area (Å²) in [6, 6.07) is 9.10. The molecule has 0 saturated carbocycles.